The molecule has 0 spiro atoms. The van der Waals surface area contributed by atoms with Crippen LogP contribution in [0.4, 0.5) is 5.69 Å². The Kier molecular flexibility index (Phi) is 3.15. The standard InChI is InChI=1S/C13H20N2O2S/c1-9-4-5-11(18(14,16)17)8-12(9)15-10(2)13(3)6-7-13/h4-5,8,10,15H,6-7H2,1-3H3,(H2,14,16,17). The van der Waals surface area contributed by atoms with Crippen LogP contribution >= 0.6 is 0 Å². The predicted octanol–water partition coefficient (Wildman–Crippen LogP) is 2.24. The third kappa shape index (κ3) is 2.67. The van der Waals surface area contributed by atoms with Crippen molar-refractivity contribution in [1.82, 2.24) is 0 Å². The summed E-state index contributed by atoms with van der Waals surface area (Å²) in [6.07, 6.45) is 2.43. The highest BCUT2D eigenvalue weighted by atomic mass is 32.2. The molecule has 100 valence electrons. The van der Waals surface area contributed by atoms with E-state index >= 15 is 0 Å². The molecule has 0 heterocycles. The molecule has 3 N–H and O–H groups in total. The second kappa shape index (κ2) is 4.24. The molecule has 1 aromatic carbocycles. The first kappa shape index (κ1) is 13.4. The van der Waals surface area contributed by atoms with E-state index in [0.717, 1.165) is 11.3 Å². The van der Waals surface area contributed by atoms with Crippen molar-refractivity contribution in [3.8, 4) is 0 Å². The number of nitrogens with two attached hydrogens (primary N) is 1. The van der Waals surface area contributed by atoms with Gasteiger partial charge in [-0.25, -0.2) is 13.6 Å². The molecule has 0 radical (unpaired) electrons. The molecule has 1 unspecified atom stereocenters. The van der Waals surface area contributed by atoms with E-state index in [1.54, 1.807) is 18.2 Å². The van der Waals surface area contributed by atoms with Crippen molar-refractivity contribution < 1.29 is 8.42 Å². The lowest BCUT2D eigenvalue weighted by molar-refractivity contribution is 0.493. The number of anilines is 1. The first-order chi connectivity index (χ1) is 8.22. The normalized spacial score (nSPS) is 19.3. The molecule has 2 rings (SSSR count). The molecule has 1 atom stereocenters. The van der Waals surface area contributed by atoms with Crippen LogP contribution in [0.3, 0.4) is 0 Å². The monoisotopic (exact) mass is 268 g/mol. The van der Waals surface area contributed by atoms with Crippen molar-refractivity contribution in [2.75, 3.05) is 5.32 Å². The minimum absolute atomic E-state index is 0.156. The van der Waals surface area contributed by atoms with Crippen LogP contribution in [0.1, 0.15) is 32.3 Å². The van der Waals surface area contributed by atoms with Gasteiger partial charge in [-0.1, -0.05) is 13.0 Å². The number of sulfonamides is 1. The fraction of sp³-hybridized carbons (Fsp3) is 0.538. The largest absolute Gasteiger partial charge is 0.382 e. The summed E-state index contributed by atoms with van der Waals surface area (Å²) in [6, 6.07) is 5.27. The van der Waals surface area contributed by atoms with Gasteiger partial charge in [0.25, 0.3) is 0 Å². The van der Waals surface area contributed by atoms with Gasteiger partial charge in [-0.2, -0.15) is 0 Å². The molecule has 5 heteroatoms. The zero-order valence-electron chi connectivity index (χ0n) is 11.0. The molecular formula is C13H20N2O2S. The maximum atomic E-state index is 11.3. The first-order valence-electron chi connectivity index (χ1n) is 6.12. The Morgan fingerprint density at radius 1 is 1.39 bits per heavy atom. The average molecular weight is 268 g/mol. The number of aryl methyl sites for hydroxylation is 1. The first-order valence-corrected chi connectivity index (χ1v) is 7.67. The Labute approximate surface area is 109 Å². The van der Waals surface area contributed by atoms with Gasteiger partial charge >= 0.3 is 0 Å². The summed E-state index contributed by atoms with van der Waals surface area (Å²) >= 11 is 0. The molecule has 1 aliphatic carbocycles. The molecule has 18 heavy (non-hydrogen) atoms. The molecule has 1 saturated carbocycles. The minimum Gasteiger partial charge on any atom is -0.382 e. The van der Waals surface area contributed by atoms with Gasteiger partial charge in [0.1, 0.15) is 0 Å². The van der Waals surface area contributed by atoms with Crippen molar-refractivity contribution >= 4 is 15.7 Å². The van der Waals surface area contributed by atoms with Crippen molar-refractivity contribution in [2.24, 2.45) is 10.6 Å². The minimum atomic E-state index is -3.64. The number of benzene rings is 1. The van der Waals surface area contributed by atoms with Crippen molar-refractivity contribution in [3.05, 3.63) is 23.8 Å². The van der Waals surface area contributed by atoms with Crippen LogP contribution in [0.25, 0.3) is 0 Å². The highest BCUT2D eigenvalue weighted by Crippen LogP contribution is 2.49. The molecule has 1 aliphatic rings. The van der Waals surface area contributed by atoms with E-state index in [1.807, 2.05) is 6.92 Å². The second-order valence-electron chi connectivity index (χ2n) is 5.54. The van der Waals surface area contributed by atoms with Gasteiger partial charge in [0.05, 0.1) is 4.90 Å². The number of rotatable bonds is 4. The van der Waals surface area contributed by atoms with Crippen molar-refractivity contribution in [1.29, 1.82) is 0 Å². The van der Waals surface area contributed by atoms with E-state index in [4.69, 9.17) is 5.14 Å². The lowest BCUT2D eigenvalue weighted by Gasteiger charge is -2.23. The molecule has 0 aromatic heterocycles. The van der Waals surface area contributed by atoms with Crippen LogP contribution in [0.15, 0.2) is 23.1 Å². The summed E-state index contributed by atoms with van der Waals surface area (Å²) < 4.78 is 22.7. The van der Waals surface area contributed by atoms with Gasteiger partial charge < -0.3 is 5.32 Å². The van der Waals surface area contributed by atoms with Gasteiger partial charge in [-0.3, -0.25) is 0 Å². The van der Waals surface area contributed by atoms with E-state index in [9.17, 15) is 8.42 Å². The van der Waals surface area contributed by atoms with Gasteiger partial charge in [0.2, 0.25) is 10.0 Å². The molecule has 1 aromatic rings. The quantitative estimate of drug-likeness (QED) is 0.879. The van der Waals surface area contributed by atoms with Crippen molar-refractivity contribution in [2.45, 2.75) is 44.6 Å². The fourth-order valence-corrected chi connectivity index (χ4v) is 2.51. The lowest BCUT2D eigenvalue weighted by Crippen LogP contribution is -2.25. The summed E-state index contributed by atoms with van der Waals surface area (Å²) in [5.41, 5.74) is 2.21. The van der Waals surface area contributed by atoms with Crippen LogP contribution in [0, 0.1) is 12.3 Å². The summed E-state index contributed by atoms with van der Waals surface area (Å²) in [7, 11) is -3.64. The van der Waals surface area contributed by atoms with E-state index < -0.39 is 10.0 Å². The van der Waals surface area contributed by atoms with Gasteiger partial charge in [0, 0.05) is 11.7 Å². The average Bonchev–Trinajstić information content (AvgIpc) is 2.99. The molecular weight excluding hydrogens is 248 g/mol. The van der Waals surface area contributed by atoms with Crippen LogP contribution in [0.2, 0.25) is 0 Å². The number of hydrogen-bond donors (Lipinski definition) is 2. The Balaban J connectivity index is 2.27. The lowest BCUT2D eigenvalue weighted by atomic mass is 10.00. The molecule has 0 aliphatic heterocycles. The SMILES string of the molecule is Cc1ccc(S(N)(=O)=O)cc1NC(C)C1(C)CC1. The highest BCUT2D eigenvalue weighted by molar-refractivity contribution is 7.89. The summed E-state index contributed by atoms with van der Waals surface area (Å²) in [5.74, 6) is 0. The summed E-state index contributed by atoms with van der Waals surface area (Å²) in [5, 5.41) is 8.55. The molecule has 0 amide bonds. The van der Waals surface area contributed by atoms with Gasteiger partial charge in [0.15, 0.2) is 0 Å². The van der Waals surface area contributed by atoms with E-state index in [-0.39, 0.29) is 4.90 Å². The molecule has 0 bridgehead atoms. The molecule has 1 fully saturated rings. The fourth-order valence-electron chi connectivity index (χ4n) is 1.97. The van der Waals surface area contributed by atoms with Crippen LogP contribution in [-0.4, -0.2) is 14.5 Å². The highest BCUT2D eigenvalue weighted by Gasteiger charge is 2.42. The zero-order valence-corrected chi connectivity index (χ0v) is 11.8. The third-order valence-corrected chi connectivity index (χ3v) is 4.90. The maximum absolute atomic E-state index is 11.3. The maximum Gasteiger partial charge on any atom is 0.238 e. The van der Waals surface area contributed by atoms with Crippen LogP contribution in [-0.2, 0) is 10.0 Å². The third-order valence-electron chi connectivity index (χ3n) is 3.99. The second-order valence-corrected chi connectivity index (χ2v) is 7.10. The molecule has 4 nitrogen and oxygen atoms in total. The van der Waals surface area contributed by atoms with E-state index in [2.05, 4.69) is 19.2 Å². The summed E-state index contributed by atoms with van der Waals surface area (Å²) in [4.78, 5) is 0.156. The Bertz CT molecular complexity index is 562. The number of hydrogen-bond acceptors (Lipinski definition) is 3. The van der Waals surface area contributed by atoms with E-state index in [0.29, 0.717) is 11.5 Å². The number of primary sulfonamides is 1. The van der Waals surface area contributed by atoms with E-state index in [1.165, 1.54) is 12.8 Å². The topological polar surface area (TPSA) is 72.2 Å². The van der Waals surface area contributed by atoms with Crippen LogP contribution in [0.5, 0.6) is 0 Å². The van der Waals surface area contributed by atoms with Crippen LogP contribution < -0.4 is 10.5 Å². The van der Waals surface area contributed by atoms with Gasteiger partial charge in [-0.05, 0) is 49.8 Å². The Hall–Kier alpha value is -1.07. The molecule has 0 saturated heterocycles. The van der Waals surface area contributed by atoms with Gasteiger partial charge in [-0.15, -0.1) is 0 Å². The Morgan fingerprint density at radius 2 is 2.00 bits per heavy atom. The zero-order chi connectivity index (χ0) is 13.6. The smallest absolute Gasteiger partial charge is 0.238 e. The Morgan fingerprint density at radius 3 is 2.50 bits per heavy atom. The predicted molar refractivity (Wildman–Crippen MR) is 73.0 cm³/mol. The number of nitrogens with one attached hydrogen (secondary N) is 1. The summed E-state index contributed by atoms with van der Waals surface area (Å²) in [6.45, 7) is 6.33. The van der Waals surface area contributed by atoms with Crippen molar-refractivity contribution in [3.63, 3.8) is 0 Å².